The maximum absolute atomic E-state index is 10.7. The topological polar surface area (TPSA) is 35.5 Å². The largest absolute Gasteiger partial charge is 0.494 e. The van der Waals surface area contributed by atoms with Gasteiger partial charge in [0.15, 0.2) is 0 Å². The van der Waals surface area contributed by atoms with Gasteiger partial charge in [0.1, 0.15) is 12.0 Å². The molecule has 0 fully saturated rings. The maximum Gasteiger partial charge on any atom is 0.150 e. The third-order valence-electron chi connectivity index (χ3n) is 2.80. The predicted octanol–water partition coefficient (Wildman–Crippen LogP) is 3.26. The quantitative estimate of drug-likeness (QED) is 0.664. The molecule has 0 N–H and O–H groups in total. The van der Waals surface area contributed by atoms with Crippen LogP contribution in [0.2, 0.25) is 0 Å². The van der Waals surface area contributed by atoms with Gasteiger partial charge in [-0.05, 0) is 45.2 Å². The molecule has 0 spiro atoms. The molecule has 0 heterocycles. The monoisotopic (exact) mass is 250 g/mol. The number of aryl methyl sites for hydroxylation is 1. The summed E-state index contributed by atoms with van der Waals surface area (Å²) in [4.78, 5) is 10.7. The number of carbonyl (C=O) groups is 1. The van der Waals surface area contributed by atoms with Gasteiger partial charge < -0.3 is 9.47 Å². The molecule has 1 unspecified atom stereocenters. The lowest BCUT2D eigenvalue weighted by atomic mass is 10.0. The van der Waals surface area contributed by atoms with Crippen molar-refractivity contribution in [2.75, 3.05) is 13.2 Å². The summed E-state index contributed by atoms with van der Waals surface area (Å²) in [6, 6.07) is 5.60. The second-order valence-corrected chi connectivity index (χ2v) is 4.22. The number of carbonyl (C=O) groups excluding carboxylic acids is 1. The van der Waals surface area contributed by atoms with Crippen LogP contribution in [0.15, 0.2) is 18.2 Å². The van der Waals surface area contributed by atoms with Crippen LogP contribution in [-0.2, 0) is 11.2 Å². The third kappa shape index (κ3) is 4.49. The molecule has 3 heteroatoms. The van der Waals surface area contributed by atoms with Gasteiger partial charge in [-0.1, -0.05) is 12.1 Å². The van der Waals surface area contributed by atoms with Gasteiger partial charge in [0.2, 0.25) is 0 Å². The van der Waals surface area contributed by atoms with Crippen LogP contribution in [0.25, 0.3) is 0 Å². The minimum atomic E-state index is 0.246. The fourth-order valence-corrected chi connectivity index (χ4v) is 1.87. The highest BCUT2D eigenvalue weighted by atomic mass is 16.5. The van der Waals surface area contributed by atoms with Gasteiger partial charge in [-0.3, -0.25) is 4.79 Å². The smallest absolute Gasteiger partial charge is 0.150 e. The Labute approximate surface area is 109 Å². The number of rotatable bonds is 8. The molecule has 1 aromatic carbocycles. The van der Waals surface area contributed by atoms with Gasteiger partial charge >= 0.3 is 0 Å². The lowest BCUT2D eigenvalue weighted by Gasteiger charge is -2.14. The van der Waals surface area contributed by atoms with Crippen LogP contribution in [0, 0.1) is 0 Å². The Bertz CT molecular complexity index is 374. The molecule has 0 radical (unpaired) electrons. The molecule has 1 aromatic rings. The van der Waals surface area contributed by atoms with E-state index in [1.165, 1.54) is 0 Å². The Kier molecular flexibility index (Phi) is 6.44. The first-order valence-corrected chi connectivity index (χ1v) is 6.53. The van der Waals surface area contributed by atoms with E-state index in [2.05, 4.69) is 6.92 Å². The standard InChI is InChI=1S/C15H22O3/c1-4-17-12(3)6-8-14-9-7-13(11-16)10-15(14)18-5-2/h7,9-12H,4-6,8H2,1-3H3. The minimum absolute atomic E-state index is 0.246. The molecule has 0 aliphatic heterocycles. The molecule has 1 rings (SSSR count). The van der Waals surface area contributed by atoms with Crippen LogP contribution in [0.5, 0.6) is 5.75 Å². The maximum atomic E-state index is 10.7. The lowest BCUT2D eigenvalue weighted by Crippen LogP contribution is -2.09. The second kappa shape index (κ2) is 7.88. The van der Waals surface area contributed by atoms with Gasteiger partial charge in [0.05, 0.1) is 12.7 Å². The van der Waals surface area contributed by atoms with E-state index in [1.807, 2.05) is 26.0 Å². The summed E-state index contributed by atoms with van der Waals surface area (Å²) in [6.07, 6.45) is 2.94. The highest BCUT2D eigenvalue weighted by Gasteiger charge is 2.08. The number of hydrogen-bond donors (Lipinski definition) is 0. The van der Waals surface area contributed by atoms with E-state index in [0.717, 1.165) is 37.0 Å². The Morgan fingerprint density at radius 1 is 1.28 bits per heavy atom. The van der Waals surface area contributed by atoms with Crippen LogP contribution >= 0.6 is 0 Å². The average Bonchev–Trinajstić information content (AvgIpc) is 2.38. The van der Waals surface area contributed by atoms with E-state index < -0.39 is 0 Å². The molecule has 0 amide bonds. The average molecular weight is 250 g/mol. The van der Waals surface area contributed by atoms with Crippen molar-refractivity contribution in [2.45, 2.75) is 39.7 Å². The Morgan fingerprint density at radius 3 is 2.67 bits per heavy atom. The van der Waals surface area contributed by atoms with Crippen molar-refractivity contribution >= 4 is 6.29 Å². The van der Waals surface area contributed by atoms with Gasteiger partial charge in [0, 0.05) is 12.2 Å². The normalized spacial score (nSPS) is 12.2. The van der Waals surface area contributed by atoms with Gasteiger partial charge in [-0.15, -0.1) is 0 Å². The van der Waals surface area contributed by atoms with Crippen molar-refractivity contribution in [3.8, 4) is 5.75 Å². The van der Waals surface area contributed by atoms with Crippen LogP contribution in [0.3, 0.4) is 0 Å². The number of ether oxygens (including phenoxy) is 2. The molecular weight excluding hydrogens is 228 g/mol. The molecule has 3 nitrogen and oxygen atoms in total. The van der Waals surface area contributed by atoms with Crippen LogP contribution in [0.4, 0.5) is 0 Å². The van der Waals surface area contributed by atoms with Crippen LogP contribution in [0.1, 0.15) is 43.1 Å². The van der Waals surface area contributed by atoms with E-state index in [0.29, 0.717) is 12.2 Å². The van der Waals surface area contributed by atoms with Crippen LogP contribution in [-0.4, -0.2) is 25.6 Å². The van der Waals surface area contributed by atoms with Crippen molar-refractivity contribution in [2.24, 2.45) is 0 Å². The molecule has 0 aliphatic carbocycles. The zero-order valence-corrected chi connectivity index (χ0v) is 11.4. The van der Waals surface area contributed by atoms with E-state index >= 15 is 0 Å². The summed E-state index contributed by atoms with van der Waals surface area (Å²) in [5.74, 6) is 0.811. The number of aldehydes is 1. The third-order valence-corrected chi connectivity index (χ3v) is 2.80. The molecule has 0 bridgehead atoms. The van der Waals surface area contributed by atoms with Crippen molar-refractivity contribution in [1.82, 2.24) is 0 Å². The SMILES string of the molecule is CCOc1cc(C=O)ccc1CCC(C)OCC. The molecule has 100 valence electrons. The molecule has 0 saturated carbocycles. The molecule has 18 heavy (non-hydrogen) atoms. The predicted molar refractivity (Wildman–Crippen MR) is 72.4 cm³/mol. The lowest BCUT2D eigenvalue weighted by molar-refractivity contribution is 0.0705. The Hall–Kier alpha value is -1.35. The first kappa shape index (κ1) is 14.7. The zero-order chi connectivity index (χ0) is 13.4. The number of benzene rings is 1. The van der Waals surface area contributed by atoms with E-state index in [-0.39, 0.29) is 6.10 Å². The summed E-state index contributed by atoms with van der Waals surface area (Å²) in [5.41, 5.74) is 1.79. The highest BCUT2D eigenvalue weighted by molar-refractivity contribution is 5.75. The van der Waals surface area contributed by atoms with Crippen molar-refractivity contribution in [1.29, 1.82) is 0 Å². The number of hydrogen-bond acceptors (Lipinski definition) is 3. The Balaban J connectivity index is 2.71. The first-order valence-electron chi connectivity index (χ1n) is 6.53. The molecule has 0 saturated heterocycles. The van der Waals surface area contributed by atoms with Crippen molar-refractivity contribution in [3.63, 3.8) is 0 Å². The van der Waals surface area contributed by atoms with E-state index in [1.54, 1.807) is 6.07 Å². The summed E-state index contributed by atoms with van der Waals surface area (Å²) in [6.45, 7) is 7.37. The molecular formula is C15H22O3. The van der Waals surface area contributed by atoms with Crippen molar-refractivity contribution in [3.05, 3.63) is 29.3 Å². The molecule has 0 aliphatic rings. The molecule has 1 atom stereocenters. The van der Waals surface area contributed by atoms with Gasteiger partial charge in [-0.2, -0.15) is 0 Å². The Morgan fingerprint density at radius 2 is 2.06 bits per heavy atom. The van der Waals surface area contributed by atoms with E-state index in [9.17, 15) is 4.79 Å². The summed E-state index contributed by atoms with van der Waals surface area (Å²) >= 11 is 0. The van der Waals surface area contributed by atoms with Gasteiger partial charge in [0.25, 0.3) is 0 Å². The fraction of sp³-hybridized carbons (Fsp3) is 0.533. The highest BCUT2D eigenvalue weighted by Crippen LogP contribution is 2.22. The summed E-state index contributed by atoms with van der Waals surface area (Å²) in [5, 5.41) is 0. The van der Waals surface area contributed by atoms with Gasteiger partial charge in [-0.25, -0.2) is 0 Å². The first-order chi connectivity index (χ1) is 8.71. The summed E-state index contributed by atoms with van der Waals surface area (Å²) < 4.78 is 11.1. The minimum Gasteiger partial charge on any atom is -0.494 e. The van der Waals surface area contributed by atoms with E-state index in [4.69, 9.17) is 9.47 Å². The summed E-state index contributed by atoms with van der Waals surface area (Å²) in [7, 11) is 0. The fourth-order valence-electron chi connectivity index (χ4n) is 1.87. The molecule has 0 aromatic heterocycles. The van der Waals surface area contributed by atoms with Crippen molar-refractivity contribution < 1.29 is 14.3 Å². The van der Waals surface area contributed by atoms with Crippen LogP contribution < -0.4 is 4.74 Å². The zero-order valence-electron chi connectivity index (χ0n) is 11.4. The second-order valence-electron chi connectivity index (χ2n) is 4.22.